The lowest BCUT2D eigenvalue weighted by molar-refractivity contribution is -0.0369. The zero-order chi connectivity index (χ0) is 22.7. The Kier molecular flexibility index (Phi) is 5.79. The zero-order valence-corrected chi connectivity index (χ0v) is 17.0. The number of hydrogen-bond donors (Lipinski definition) is 1. The first-order valence-corrected chi connectivity index (χ1v) is 9.67. The van der Waals surface area contributed by atoms with Crippen molar-refractivity contribution < 1.29 is 18.3 Å². The minimum absolute atomic E-state index is 0.101. The molecule has 4 rings (SSSR count). The molecule has 0 amide bonds. The third kappa shape index (κ3) is 4.40. The maximum atomic E-state index is 14.7. The molecule has 0 saturated carbocycles. The molecule has 0 unspecified atom stereocenters. The number of rotatable bonds is 5. The fourth-order valence-corrected chi connectivity index (χ4v) is 3.36. The second kappa shape index (κ2) is 8.69. The van der Waals surface area contributed by atoms with E-state index in [9.17, 15) is 18.3 Å². The van der Waals surface area contributed by atoms with Crippen LogP contribution < -0.4 is 0 Å². The Morgan fingerprint density at radius 2 is 1.72 bits per heavy atom. The summed E-state index contributed by atoms with van der Waals surface area (Å²) < 4.78 is 44.0. The van der Waals surface area contributed by atoms with Crippen molar-refractivity contribution in [2.45, 2.75) is 25.1 Å². The van der Waals surface area contributed by atoms with Crippen LogP contribution in [0.15, 0.2) is 67.5 Å². The van der Waals surface area contributed by atoms with E-state index < -0.39 is 23.3 Å². The summed E-state index contributed by atoms with van der Waals surface area (Å²) in [6.45, 7) is 1.51. The Labute approximate surface area is 182 Å². The third-order valence-electron chi connectivity index (χ3n) is 5.15. The molecule has 1 N–H and O–H groups in total. The van der Waals surface area contributed by atoms with Gasteiger partial charge in [0.15, 0.2) is 0 Å². The molecule has 2 aromatic heterocycles. The van der Waals surface area contributed by atoms with Gasteiger partial charge in [-0.15, -0.1) is 0 Å². The fraction of sp³-hybridized carbons (Fsp3) is 0.174. The number of aromatic nitrogens is 5. The highest BCUT2D eigenvalue weighted by Gasteiger charge is 2.40. The van der Waals surface area contributed by atoms with Crippen LogP contribution in [0.25, 0.3) is 0 Å². The Morgan fingerprint density at radius 3 is 2.41 bits per heavy atom. The van der Waals surface area contributed by atoms with Gasteiger partial charge in [0.2, 0.25) is 0 Å². The van der Waals surface area contributed by atoms with Gasteiger partial charge in [0, 0.05) is 23.4 Å². The standard InChI is InChI=1S/C23H18F3N5O/c1-16(31-12-18(11-28-31)3-2-17-4-6-19(24)7-5-17)23(32,13-30-15-27-14-29-30)21-9-8-20(25)10-22(21)26/h4-12,14-16,32H,13H2,1H3/t16-,23-/m1/s1. The first-order chi connectivity index (χ1) is 15.3. The van der Waals surface area contributed by atoms with Crippen molar-refractivity contribution in [3.05, 3.63) is 102 Å². The molecule has 6 nitrogen and oxygen atoms in total. The van der Waals surface area contributed by atoms with E-state index in [2.05, 4.69) is 27.0 Å². The molecule has 0 fully saturated rings. The number of hydrogen-bond acceptors (Lipinski definition) is 4. The van der Waals surface area contributed by atoms with E-state index in [4.69, 9.17) is 0 Å². The normalized spacial score (nSPS) is 13.8. The van der Waals surface area contributed by atoms with E-state index in [1.807, 2.05) is 0 Å². The van der Waals surface area contributed by atoms with Gasteiger partial charge in [-0.05, 0) is 37.3 Å². The predicted octanol–water partition coefficient (Wildman–Crippen LogP) is 3.44. The Morgan fingerprint density at radius 1 is 1.00 bits per heavy atom. The topological polar surface area (TPSA) is 68.8 Å². The number of nitrogens with zero attached hydrogens (tertiary/aromatic N) is 5. The van der Waals surface area contributed by atoms with Crippen molar-refractivity contribution in [1.29, 1.82) is 0 Å². The summed E-state index contributed by atoms with van der Waals surface area (Å²) >= 11 is 0. The molecule has 0 aliphatic rings. The van der Waals surface area contributed by atoms with E-state index in [1.165, 1.54) is 46.4 Å². The van der Waals surface area contributed by atoms with Crippen molar-refractivity contribution in [3.8, 4) is 11.8 Å². The summed E-state index contributed by atoms with van der Waals surface area (Å²) in [5.74, 6) is 3.84. The first-order valence-electron chi connectivity index (χ1n) is 9.67. The Balaban J connectivity index is 1.67. The molecule has 4 aromatic rings. The summed E-state index contributed by atoms with van der Waals surface area (Å²) in [4.78, 5) is 3.85. The molecule has 0 saturated heterocycles. The number of benzene rings is 2. The first kappa shape index (κ1) is 21.3. The van der Waals surface area contributed by atoms with Gasteiger partial charge < -0.3 is 5.11 Å². The van der Waals surface area contributed by atoms with Crippen molar-refractivity contribution in [3.63, 3.8) is 0 Å². The van der Waals surface area contributed by atoms with E-state index >= 15 is 0 Å². The van der Waals surface area contributed by atoms with E-state index in [-0.39, 0.29) is 17.9 Å². The highest BCUT2D eigenvalue weighted by Crippen LogP contribution is 2.36. The minimum atomic E-state index is -1.83. The lowest BCUT2D eigenvalue weighted by Gasteiger charge is -2.34. The van der Waals surface area contributed by atoms with E-state index in [1.54, 1.807) is 25.3 Å². The summed E-state index contributed by atoms with van der Waals surface area (Å²) in [7, 11) is 0. The second-order valence-corrected chi connectivity index (χ2v) is 7.28. The molecular formula is C23H18F3N5O. The van der Waals surface area contributed by atoms with Crippen LogP contribution in [0.1, 0.15) is 29.7 Å². The quantitative estimate of drug-likeness (QED) is 0.486. The maximum Gasteiger partial charge on any atom is 0.137 e. The molecule has 2 atom stereocenters. The van der Waals surface area contributed by atoms with E-state index in [0.29, 0.717) is 11.1 Å². The Hall–Kier alpha value is -3.90. The largest absolute Gasteiger partial charge is 0.381 e. The summed E-state index contributed by atoms with van der Waals surface area (Å²) in [5.41, 5.74) is -0.762. The highest BCUT2D eigenvalue weighted by atomic mass is 19.1. The summed E-state index contributed by atoms with van der Waals surface area (Å²) in [6, 6.07) is 7.97. The van der Waals surface area contributed by atoms with Crippen LogP contribution in [0.2, 0.25) is 0 Å². The maximum absolute atomic E-state index is 14.7. The van der Waals surface area contributed by atoms with Gasteiger partial charge in [0.25, 0.3) is 0 Å². The molecule has 32 heavy (non-hydrogen) atoms. The van der Waals surface area contributed by atoms with Gasteiger partial charge in [-0.25, -0.2) is 22.8 Å². The van der Waals surface area contributed by atoms with Gasteiger partial charge in [0.05, 0.1) is 24.3 Å². The van der Waals surface area contributed by atoms with E-state index in [0.717, 1.165) is 12.1 Å². The average Bonchev–Trinajstić information content (AvgIpc) is 3.44. The predicted molar refractivity (Wildman–Crippen MR) is 110 cm³/mol. The fourth-order valence-electron chi connectivity index (χ4n) is 3.36. The molecule has 2 heterocycles. The molecule has 9 heteroatoms. The molecule has 0 bridgehead atoms. The van der Waals surface area contributed by atoms with Gasteiger partial charge in [-0.3, -0.25) is 4.68 Å². The van der Waals surface area contributed by atoms with Gasteiger partial charge in [0.1, 0.15) is 35.7 Å². The highest BCUT2D eigenvalue weighted by molar-refractivity contribution is 5.41. The van der Waals surface area contributed by atoms with Gasteiger partial charge in [-0.2, -0.15) is 10.2 Å². The second-order valence-electron chi connectivity index (χ2n) is 7.28. The number of halogens is 3. The van der Waals surface area contributed by atoms with Crippen molar-refractivity contribution >= 4 is 0 Å². The van der Waals surface area contributed by atoms with Gasteiger partial charge >= 0.3 is 0 Å². The lowest BCUT2D eigenvalue weighted by atomic mass is 9.86. The molecule has 162 valence electrons. The summed E-state index contributed by atoms with van der Waals surface area (Å²) in [6.07, 6.45) is 5.80. The van der Waals surface area contributed by atoms with Crippen molar-refractivity contribution in [2.24, 2.45) is 0 Å². The van der Waals surface area contributed by atoms with Crippen LogP contribution in [0.5, 0.6) is 0 Å². The average molecular weight is 437 g/mol. The van der Waals surface area contributed by atoms with Crippen LogP contribution >= 0.6 is 0 Å². The molecule has 2 aromatic carbocycles. The minimum Gasteiger partial charge on any atom is -0.381 e. The third-order valence-corrected chi connectivity index (χ3v) is 5.15. The molecule has 0 aliphatic heterocycles. The zero-order valence-electron chi connectivity index (χ0n) is 17.0. The van der Waals surface area contributed by atoms with Crippen LogP contribution in [-0.2, 0) is 12.1 Å². The lowest BCUT2D eigenvalue weighted by Crippen LogP contribution is -2.40. The monoisotopic (exact) mass is 437 g/mol. The van der Waals surface area contributed by atoms with Crippen LogP contribution in [0.3, 0.4) is 0 Å². The molecular weight excluding hydrogens is 419 g/mol. The van der Waals surface area contributed by atoms with Crippen LogP contribution in [0, 0.1) is 29.3 Å². The Bertz CT molecular complexity index is 1280. The van der Waals surface area contributed by atoms with Crippen molar-refractivity contribution in [2.75, 3.05) is 0 Å². The van der Waals surface area contributed by atoms with Crippen LogP contribution in [-0.4, -0.2) is 29.7 Å². The molecule has 0 spiro atoms. The van der Waals surface area contributed by atoms with Gasteiger partial charge in [-0.1, -0.05) is 17.9 Å². The number of aliphatic hydroxyl groups is 1. The molecule has 0 radical (unpaired) electrons. The summed E-state index contributed by atoms with van der Waals surface area (Å²) in [5, 5.41) is 19.9. The van der Waals surface area contributed by atoms with Crippen LogP contribution in [0.4, 0.5) is 13.2 Å². The smallest absolute Gasteiger partial charge is 0.137 e. The SMILES string of the molecule is C[C@@H](n1cc(C#Cc2ccc(F)cc2)cn1)[C@](O)(Cn1cncn1)c1ccc(F)cc1F. The van der Waals surface area contributed by atoms with Crippen molar-refractivity contribution in [1.82, 2.24) is 24.5 Å². The molecule has 0 aliphatic carbocycles.